The molecule has 4 heteroatoms. The lowest BCUT2D eigenvalue weighted by Gasteiger charge is -2.12. The van der Waals surface area contributed by atoms with Crippen molar-refractivity contribution in [3.63, 3.8) is 0 Å². The van der Waals surface area contributed by atoms with Crippen LogP contribution < -0.4 is 10.5 Å². The molecule has 0 aliphatic carbocycles. The molecule has 0 bridgehead atoms. The van der Waals surface area contributed by atoms with Gasteiger partial charge in [-0.05, 0) is 37.5 Å². The molecule has 1 aromatic carbocycles. The predicted molar refractivity (Wildman–Crippen MR) is 68.1 cm³/mol. The van der Waals surface area contributed by atoms with Crippen LogP contribution in [-0.2, 0) is 4.74 Å². The van der Waals surface area contributed by atoms with Gasteiger partial charge in [-0.15, -0.1) is 0 Å². The molecule has 0 amide bonds. The summed E-state index contributed by atoms with van der Waals surface area (Å²) in [4.78, 5) is 0. The van der Waals surface area contributed by atoms with Gasteiger partial charge in [0.1, 0.15) is 0 Å². The third-order valence-electron chi connectivity index (χ3n) is 3.20. The van der Waals surface area contributed by atoms with Crippen LogP contribution in [0.4, 0.5) is 4.39 Å². The van der Waals surface area contributed by atoms with Crippen molar-refractivity contribution >= 4 is 0 Å². The van der Waals surface area contributed by atoms with Crippen molar-refractivity contribution in [2.75, 3.05) is 13.2 Å². The Hall–Kier alpha value is -1.13. The fraction of sp³-hybridized carbons (Fsp3) is 0.571. The standard InChI is InChI=1S/C14H20FNO2/c1-10(16)11-4-5-14(13(15)9-11)18-8-6-12-3-2-7-17-12/h4-5,9-10,12H,2-3,6-8,16H2,1H3/t10-,12?/m1/s1. The molecular formula is C14H20FNO2. The molecule has 1 aromatic rings. The lowest BCUT2D eigenvalue weighted by Crippen LogP contribution is -2.11. The van der Waals surface area contributed by atoms with Gasteiger partial charge in [0.25, 0.3) is 0 Å². The highest BCUT2D eigenvalue weighted by atomic mass is 19.1. The minimum Gasteiger partial charge on any atom is -0.490 e. The summed E-state index contributed by atoms with van der Waals surface area (Å²) in [7, 11) is 0. The SMILES string of the molecule is C[C@@H](N)c1ccc(OCCC2CCCO2)c(F)c1. The van der Waals surface area contributed by atoms with E-state index >= 15 is 0 Å². The molecule has 1 saturated heterocycles. The molecule has 2 atom stereocenters. The van der Waals surface area contributed by atoms with Crippen molar-refractivity contribution in [3.8, 4) is 5.75 Å². The van der Waals surface area contributed by atoms with Gasteiger partial charge in [-0.2, -0.15) is 0 Å². The predicted octanol–water partition coefficient (Wildman–Crippen LogP) is 2.79. The van der Waals surface area contributed by atoms with Gasteiger partial charge in [-0.3, -0.25) is 0 Å². The van der Waals surface area contributed by atoms with Gasteiger partial charge in [-0.25, -0.2) is 4.39 Å². The Bertz CT molecular complexity index is 389. The van der Waals surface area contributed by atoms with Crippen molar-refractivity contribution in [1.29, 1.82) is 0 Å². The van der Waals surface area contributed by atoms with E-state index < -0.39 is 0 Å². The van der Waals surface area contributed by atoms with E-state index in [2.05, 4.69) is 0 Å². The fourth-order valence-corrected chi connectivity index (χ4v) is 2.09. The number of hydrogen-bond acceptors (Lipinski definition) is 3. The Morgan fingerprint density at radius 3 is 3.00 bits per heavy atom. The zero-order valence-electron chi connectivity index (χ0n) is 10.7. The van der Waals surface area contributed by atoms with E-state index in [-0.39, 0.29) is 23.7 Å². The molecule has 1 unspecified atom stereocenters. The lowest BCUT2D eigenvalue weighted by atomic mass is 10.1. The van der Waals surface area contributed by atoms with E-state index in [9.17, 15) is 4.39 Å². The highest BCUT2D eigenvalue weighted by molar-refractivity contribution is 5.30. The van der Waals surface area contributed by atoms with Gasteiger partial charge in [0.2, 0.25) is 0 Å². The second kappa shape index (κ2) is 6.16. The van der Waals surface area contributed by atoms with Crippen molar-refractivity contribution in [1.82, 2.24) is 0 Å². The summed E-state index contributed by atoms with van der Waals surface area (Å²) in [6.45, 7) is 3.15. The molecule has 0 spiro atoms. The number of ether oxygens (including phenoxy) is 2. The number of benzene rings is 1. The maximum Gasteiger partial charge on any atom is 0.165 e. The molecule has 0 saturated carbocycles. The Morgan fingerprint density at radius 1 is 1.56 bits per heavy atom. The number of rotatable bonds is 5. The quantitative estimate of drug-likeness (QED) is 0.877. The second-order valence-electron chi connectivity index (χ2n) is 4.75. The summed E-state index contributed by atoms with van der Waals surface area (Å²) in [5, 5.41) is 0. The molecule has 1 fully saturated rings. The maximum absolute atomic E-state index is 13.7. The third-order valence-corrected chi connectivity index (χ3v) is 3.20. The summed E-state index contributed by atoms with van der Waals surface area (Å²) in [5.74, 6) is -0.0606. The normalized spacial score (nSPS) is 20.9. The van der Waals surface area contributed by atoms with Gasteiger partial charge in [-0.1, -0.05) is 6.07 Å². The number of nitrogens with two attached hydrogens (primary N) is 1. The summed E-state index contributed by atoms with van der Waals surface area (Å²) < 4.78 is 24.6. The molecule has 18 heavy (non-hydrogen) atoms. The average Bonchev–Trinajstić information content (AvgIpc) is 2.84. The molecule has 1 aliphatic heterocycles. The van der Waals surface area contributed by atoms with Crippen molar-refractivity contribution in [2.45, 2.75) is 38.3 Å². The summed E-state index contributed by atoms with van der Waals surface area (Å²) >= 11 is 0. The van der Waals surface area contributed by atoms with Crippen LogP contribution in [0, 0.1) is 5.82 Å². The van der Waals surface area contributed by atoms with E-state index in [1.807, 2.05) is 6.92 Å². The second-order valence-corrected chi connectivity index (χ2v) is 4.75. The van der Waals surface area contributed by atoms with Crippen LogP contribution in [0.2, 0.25) is 0 Å². The Morgan fingerprint density at radius 2 is 2.39 bits per heavy atom. The Balaban J connectivity index is 1.85. The van der Waals surface area contributed by atoms with Crippen LogP contribution in [0.3, 0.4) is 0 Å². The summed E-state index contributed by atoms with van der Waals surface area (Å²) in [5.41, 5.74) is 6.47. The smallest absolute Gasteiger partial charge is 0.165 e. The van der Waals surface area contributed by atoms with Gasteiger partial charge in [0.05, 0.1) is 12.7 Å². The van der Waals surface area contributed by atoms with Gasteiger partial charge < -0.3 is 15.2 Å². The minimum atomic E-state index is -0.350. The van der Waals surface area contributed by atoms with Crippen LogP contribution >= 0.6 is 0 Å². The Kier molecular flexibility index (Phi) is 4.55. The van der Waals surface area contributed by atoms with Gasteiger partial charge >= 0.3 is 0 Å². The summed E-state index contributed by atoms with van der Waals surface area (Å²) in [6.07, 6.45) is 3.28. The summed E-state index contributed by atoms with van der Waals surface area (Å²) in [6, 6.07) is 4.71. The van der Waals surface area contributed by atoms with Crippen molar-refractivity contribution < 1.29 is 13.9 Å². The molecule has 100 valence electrons. The first-order chi connectivity index (χ1) is 8.66. The van der Waals surface area contributed by atoms with E-state index in [1.54, 1.807) is 12.1 Å². The van der Waals surface area contributed by atoms with Crippen LogP contribution in [0.5, 0.6) is 5.75 Å². The number of hydrogen-bond donors (Lipinski definition) is 1. The van der Waals surface area contributed by atoms with Crippen molar-refractivity contribution in [3.05, 3.63) is 29.6 Å². The first-order valence-corrected chi connectivity index (χ1v) is 6.46. The van der Waals surface area contributed by atoms with E-state index in [0.717, 1.165) is 31.4 Å². The molecular weight excluding hydrogens is 233 g/mol. The largest absolute Gasteiger partial charge is 0.490 e. The number of halogens is 1. The van der Waals surface area contributed by atoms with Crippen LogP contribution in [0.15, 0.2) is 18.2 Å². The molecule has 2 N–H and O–H groups in total. The van der Waals surface area contributed by atoms with E-state index in [1.165, 1.54) is 6.07 Å². The monoisotopic (exact) mass is 253 g/mol. The first kappa shape index (κ1) is 13.3. The van der Waals surface area contributed by atoms with E-state index in [0.29, 0.717) is 6.61 Å². The first-order valence-electron chi connectivity index (χ1n) is 6.46. The minimum absolute atomic E-state index is 0.166. The van der Waals surface area contributed by atoms with Gasteiger partial charge in [0, 0.05) is 19.1 Å². The highest BCUT2D eigenvalue weighted by Crippen LogP contribution is 2.22. The topological polar surface area (TPSA) is 44.5 Å². The van der Waals surface area contributed by atoms with Crippen molar-refractivity contribution in [2.24, 2.45) is 5.73 Å². The molecule has 0 radical (unpaired) electrons. The molecule has 2 rings (SSSR count). The lowest BCUT2D eigenvalue weighted by molar-refractivity contribution is 0.0897. The fourth-order valence-electron chi connectivity index (χ4n) is 2.09. The van der Waals surface area contributed by atoms with Gasteiger partial charge in [0.15, 0.2) is 11.6 Å². The molecule has 0 aromatic heterocycles. The van der Waals surface area contributed by atoms with Crippen LogP contribution in [0.1, 0.15) is 37.8 Å². The molecule has 1 aliphatic rings. The highest BCUT2D eigenvalue weighted by Gasteiger charge is 2.15. The molecule has 1 heterocycles. The Labute approximate surface area is 107 Å². The maximum atomic E-state index is 13.7. The zero-order chi connectivity index (χ0) is 13.0. The van der Waals surface area contributed by atoms with Crippen LogP contribution in [0.25, 0.3) is 0 Å². The molecule has 3 nitrogen and oxygen atoms in total. The third kappa shape index (κ3) is 3.43. The van der Waals surface area contributed by atoms with Crippen LogP contribution in [-0.4, -0.2) is 19.3 Å². The average molecular weight is 253 g/mol. The zero-order valence-corrected chi connectivity index (χ0v) is 10.7. The van der Waals surface area contributed by atoms with E-state index in [4.69, 9.17) is 15.2 Å².